The van der Waals surface area contributed by atoms with E-state index in [4.69, 9.17) is 5.11 Å². The van der Waals surface area contributed by atoms with Gasteiger partial charge in [0.2, 0.25) is 5.95 Å². The van der Waals surface area contributed by atoms with Gasteiger partial charge >= 0.3 is 6.18 Å². The molecule has 1 N–H and O–H groups in total. The summed E-state index contributed by atoms with van der Waals surface area (Å²) in [4.78, 5) is 3.44. The molecule has 6 heteroatoms. The Kier molecular flexibility index (Phi) is 3.53. The second kappa shape index (κ2) is 4.97. The van der Waals surface area contributed by atoms with Crippen molar-refractivity contribution in [3.05, 3.63) is 53.6 Å². The normalized spacial score (nSPS) is 11.6. The standard InChI is InChI=1S/C13H9F4NO/c14-12-5-9(7-19)11(6-18-12)8-1-3-10(4-2-8)13(15,16)17/h1-6,19H,7H2. The Morgan fingerprint density at radius 1 is 1.11 bits per heavy atom. The van der Waals surface area contributed by atoms with Crippen molar-refractivity contribution in [1.82, 2.24) is 4.98 Å². The van der Waals surface area contributed by atoms with E-state index in [2.05, 4.69) is 4.98 Å². The monoisotopic (exact) mass is 271 g/mol. The van der Waals surface area contributed by atoms with Crippen LogP contribution in [0, 0.1) is 5.95 Å². The maximum atomic E-state index is 12.9. The van der Waals surface area contributed by atoms with Gasteiger partial charge in [-0.3, -0.25) is 0 Å². The minimum Gasteiger partial charge on any atom is -0.392 e. The van der Waals surface area contributed by atoms with Crippen molar-refractivity contribution in [1.29, 1.82) is 0 Å². The predicted molar refractivity (Wildman–Crippen MR) is 60.6 cm³/mol. The molecule has 1 aromatic heterocycles. The highest BCUT2D eigenvalue weighted by molar-refractivity contribution is 5.66. The summed E-state index contributed by atoms with van der Waals surface area (Å²) in [6.45, 7) is -0.421. The first-order valence-electron chi connectivity index (χ1n) is 5.34. The average molecular weight is 271 g/mol. The number of halogens is 4. The molecule has 2 nitrogen and oxygen atoms in total. The third kappa shape index (κ3) is 2.90. The first-order valence-corrected chi connectivity index (χ1v) is 5.34. The number of alkyl halides is 3. The van der Waals surface area contributed by atoms with E-state index in [1.165, 1.54) is 18.3 Å². The molecular weight excluding hydrogens is 262 g/mol. The summed E-state index contributed by atoms with van der Waals surface area (Å²) in [6, 6.07) is 5.43. The summed E-state index contributed by atoms with van der Waals surface area (Å²) in [7, 11) is 0. The molecule has 1 heterocycles. The van der Waals surface area contributed by atoms with Crippen LogP contribution in [0.1, 0.15) is 11.1 Å². The summed E-state index contributed by atoms with van der Waals surface area (Å²) < 4.78 is 50.2. The highest BCUT2D eigenvalue weighted by atomic mass is 19.4. The summed E-state index contributed by atoms with van der Waals surface area (Å²) in [5.74, 6) is -0.750. The fourth-order valence-corrected chi connectivity index (χ4v) is 1.70. The zero-order chi connectivity index (χ0) is 14.0. The molecule has 0 saturated heterocycles. The minimum atomic E-state index is -4.40. The Morgan fingerprint density at radius 2 is 1.74 bits per heavy atom. The van der Waals surface area contributed by atoms with Gasteiger partial charge in [0.05, 0.1) is 12.2 Å². The molecule has 0 aliphatic heterocycles. The largest absolute Gasteiger partial charge is 0.416 e. The lowest BCUT2D eigenvalue weighted by Gasteiger charge is -2.10. The number of aliphatic hydroxyl groups is 1. The Balaban J connectivity index is 2.43. The number of nitrogens with zero attached hydrogens (tertiary/aromatic N) is 1. The van der Waals surface area contributed by atoms with Crippen LogP contribution in [-0.2, 0) is 12.8 Å². The Morgan fingerprint density at radius 3 is 2.26 bits per heavy atom. The van der Waals surface area contributed by atoms with Crippen LogP contribution in [0.15, 0.2) is 36.5 Å². The molecule has 0 aliphatic carbocycles. The molecular formula is C13H9F4NO. The molecule has 0 aliphatic rings. The maximum Gasteiger partial charge on any atom is 0.416 e. The second-order valence-corrected chi connectivity index (χ2v) is 3.90. The zero-order valence-electron chi connectivity index (χ0n) is 9.58. The number of aliphatic hydroxyl groups excluding tert-OH is 1. The number of rotatable bonds is 2. The molecule has 0 spiro atoms. The molecule has 2 aromatic rings. The lowest BCUT2D eigenvalue weighted by molar-refractivity contribution is -0.137. The average Bonchev–Trinajstić information content (AvgIpc) is 2.37. The van der Waals surface area contributed by atoms with Crippen LogP contribution < -0.4 is 0 Å². The summed E-state index contributed by atoms with van der Waals surface area (Å²) in [6.07, 6.45) is -3.22. The first kappa shape index (κ1) is 13.5. The minimum absolute atomic E-state index is 0.271. The van der Waals surface area contributed by atoms with E-state index >= 15 is 0 Å². The number of hydrogen-bond donors (Lipinski definition) is 1. The van der Waals surface area contributed by atoms with Gasteiger partial charge < -0.3 is 5.11 Å². The van der Waals surface area contributed by atoms with Crippen molar-refractivity contribution < 1.29 is 22.7 Å². The van der Waals surface area contributed by atoms with Crippen molar-refractivity contribution in [2.45, 2.75) is 12.8 Å². The molecule has 0 saturated carbocycles. The molecule has 0 amide bonds. The Labute approximate surface area is 106 Å². The van der Waals surface area contributed by atoms with Crippen molar-refractivity contribution in [3.8, 4) is 11.1 Å². The van der Waals surface area contributed by atoms with Crippen molar-refractivity contribution in [3.63, 3.8) is 0 Å². The number of aromatic nitrogens is 1. The van der Waals surface area contributed by atoms with Gasteiger partial charge in [-0.15, -0.1) is 0 Å². The van der Waals surface area contributed by atoms with Crippen molar-refractivity contribution in [2.24, 2.45) is 0 Å². The quantitative estimate of drug-likeness (QED) is 0.670. The van der Waals surface area contributed by atoms with E-state index in [0.717, 1.165) is 18.2 Å². The van der Waals surface area contributed by atoms with Gasteiger partial charge in [-0.2, -0.15) is 17.6 Å². The van der Waals surface area contributed by atoms with Gasteiger partial charge in [0.1, 0.15) is 0 Å². The topological polar surface area (TPSA) is 33.1 Å². The number of pyridine rings is 1. The van der Waals surface area contributed by atoms with Gasteiger partial charge in [0.15, 0.2) is 0 Å². The van der Waals surface area contributed by atoms with Crippen LogP contribution in [0.25, 0.3) is 11.1 Å². The van der Waals surface area contributed by atoms with Crippen LogP contribution >= 0.6 is 0 Å². The molecule has 0 fully saturated rings. The predicted octanol–water partition coefficient (Wildman–Crippen LogP) is 3.40. The van der Waals surface area contributed by atoms with Gasteiger partial charge in [-0.05, 0) is 29.3 Å². The van der Waals surface area contributed by atoms with E-state index in [1.54, 1.807) is 0 Å². The third-order valence-corrected chi connectivity index (χ3v) is 2.65. The molecule has 1 aromatic carbocycles. The molecule has 19 heavy (non-hydrogen) atoms. The highest BCUT2D eigenvalue weighted by Crippen LogP contribution is 2.31. The zero-order valence-corrected chi connectivity index (χ0v) is 9.58. The summed E-state index contributed by atoms with van der Waals surface area (Å²) in [5, 5.41) is 9.11. The van der Waals surface area contributed by atoms with Crippen LogP contribution in [0.2, 0.25) is 0 Å². The first-order chi connectivity index (χ1) is 8.91. The molecule has 0 radical (unpaired) electrons. The third-order valence-electron chi connectivity index (χ3n) is 2.65. The Bertz CT molecular complexity index is 578. The molecule has 0 atom stereocenters. The van der Waals surface area contributed by atoms with Crippen molar-refractivity contribution in [2.75, 3.05) is 0 Å². The molecule has 0 bridgehead atoms. The van der Waals surface area contributed by atoms with Crippen LogP contribution in [-0.4, -0.2) is 10.1 Å². The fraction of sp³-hybridized carbons (Fsp3) is 0.154. The van der Waals surface area contributed by atoms with E-state index in [9.17, 15) is 17.6 Å². The van der Waals surface area contributed by atoms with Gasteiger partial charge in [-0.25, -0.2) is 4.98 Å². The lowest BCUT2D eigenvalue weighted by atomic mass is 10.0. The second-order valence-electron chi connectivity index (χ2n) is 3.90. The van der Waals surface area contributed by atoms with Gasteiger partial charge in [0.25, 0.3) is 0 Å². The SMILES string of the molecule is OCc1cc(F)ncc1-c1ccc(C(F)(F)F)cc1. The van der Waals surface area contributed by atoms with Gasteiger partial charge in [0, 0.05) is 11.8 Å². The molecule has 0 unspecified atom stereocenters. The maximum absolute atomic E-state index is 12.9. The van der Waals surface area contributed by atoms with Crippen LogP contribution in [0.4, 0.5) is 17.6 Å². The molecule has 100 valence electrons. The Hall–Kier alpha value is -1.95. The van der Waals surface area contributed by atoms with E-state index < -0.39 is 24.3 Å². The highest BCUT2D eigenvalue weighted by Gasteiger charge is 2.30. The van der Waals surface area contributed by atoms with Crippen molar-refractivity contribution >= 4 is 0 Å². The summed E-state index contributed by atoms with van der Waals surface area (Å²) in [5.41, 5.74) is 0.339. The lowest BCUT2D eigenvalue weighted by Crippen LogP contribution is -2.04. The van der Waals surface area contributed by atoms with E-state index in [1.807, 2.05) is 0 Å². The number of benzene rings is 1. The molecule has 2 rings (SSSR count). The van der Waals surface area contributed by atoms with Crippen LogP contribution in [0.5, 0.6) is 0 Å². The number of hydrogen-bond acceptors (Lipinski definition) is 2. The van der Waals surface area contributed by atoms with E-state index in [0.29, 0.717) is 11.1 Å². The fourth-order valence-electron chi connectivity index (χ4n) is 1.70. The van der Waals surface area contributed by atoms with Crippen LogP contribution in [0.3, 0.4) is 0 Å². The summed E-state index contributed by atoms with van der Waals surface area (Å²) >= 11 is 0. The van der Waals surface area contributed by atoms with Gasteiger partial charge in [-0.1, -0.05) is 12.1 Å². The van der Waals surface area contributed by atoms with E-state index in [-0.39, 0.29) is 5.56 Å². The smallest absolute Gasteiger partial charge is 0.392 e.